The van der Waals surface area contributed by atoms with E-state index in [0.717, 1.165) is 42.3 Å². The summed E-state index contributed by atoms with van der Waals surface area (Å²) in [6.07, 6.45) is 2.06. The molecule has 3 rings (SSSR count). The van der Waals surface area contributed by atoms with Crippen LogP contribution in [0.15, 0.2) is 54.6 Å². The maximum atomic E-state index is 5.43. The van der Waals surface area contributed by atoms with Gasteiger partial charge in [0.2, 0.25) is 5.95 Å². The average molecular weight is 378 g/mol. The van der Waals surface area contributed by atoms with Gasteiger partial charge in [-0.2, -0.15) is 4.98 Å². The van der Waals surface area contributed by atoms with E-state index < -0.39 is 0 Å². The SMILES string of the molecule is COc1ccc(Nc2nc(C)cc(NCCCc3ccccc3)n2)c(OC)c1. The highest BCUT2D eigenvalue weighted by Crippen LogP contribution is 2.30. The zero-order valence-corrected chi connectivity index (χ0v) is 16.5. The summed E-state index contributed by atoms with van der Waals surface area (Å²) in [6.45, 7) is 2.80. The first-order valence-corrected chi connectivity index (χ1v) is 9.30. The van der Waals surface area contributed by atoms with Gasteiger partial charge in [-0.3, -0.25) is 0 Å². The van der Waals surface area contributed by atoms with E-state index in [1.54, 1.807) is 14.2 Å². The summed E-state index contributed by atoms with van der Waals surface area (Å²) in [5.41, 5.74) is 3.01. The number of benzene rings is 2. The molecule has 28 heavy (non-hydrogen) atoms. The van der Waals surface area contributed by atoms with Gasteiger partial charge in [-0.05, 0) is 37.5 Å². The minimum absolute atomic E-state index is 0.522. The number of hydrogen-bond acceptors (Lipinski definition) is 6. The van der Waals surface area contributed by atoms with Gasteiger partial charge in [0.1, 0.15) is 17.3 Å². The fourth-order valence-electron chi connectivity index (χ4n) is 2.89. The molecule has 2 aromatic carbocycles. The highest BCUT2D eigenvalue weighted by molar-refractivity contribution is 5.65. The fraction of sp³-hybridized carbons (Fsp3) is 0.273. The molecule has 0 amide bonds. The lowest BCUT2D eigenvalue weighted by molar-refractivity contribution is 0.395. The van der Waals surface area contributed by atoms with Crippen molar-refractivity contribution in [1.29, 1.82) is 0 Å². The molecule has 0 radical (unpaired) electrons. The second kappa shape index (κ2) is 9.60. The van der Waals surface area contributed by atoms with E-state index in [4.69, 9.17) is 9.47 Å². The highest BCUT2D eigenvalue weighted by atomic mass is 16.5. The van der Waals surface area contributed by atoms with Crippen molar-refractivity contribution in [3.8, 4) is 11.5 Å². The molecule has 0 aliphatic carbocycles. The van der Waals surface area contributed by atoms with Gasteiger partial charge in [0.15, 0.2) is 0 Å². The van der Waals surface area contributed by atoms with E-state index in [1.165, 1.54) is 5.56 Å². The first kappa shape index (κ1) is 19.5. The molecule has 6 nitrogen and oxygen atoms in total. The van der Waals surface area contributed by atoms with Crippen LogP contribution in [0.25, 0.3) is 0 Å². The number of anilines is 3. The molecule has 0 bridgehead atoms. The maximum absolute atomic E-state index is 5.43. The number of aromatic nitrogens is 2. The first-order valence-electron chi connectivity index (χ1n) is 9.30. The van der Waals surface area contributed by atoms with E-state index in [-0.39, 0.29) is 0 Å². The van der Waals surface area contributed by atoms with Gasteiger partial charge in [-0.1, -0.05) is 30.3 Å². The predicted molar refractivity (Wildman–Crippen MR) is 113 cm³/mol. The Bertz CT molecular complexity index is 900. The van der Waals surface area contributed by atoms with Gasteiger partial charge in [-0.25, -0.2) is 4.98 Å². The topological polar surface area (TPSA) is 68.3 Å². The van der Waals surface area contributed by atoms with Crippen LogP contribution in [-0.2, 0) is 6.42 Å². The minimum Gasteiger partial charge on any atom is -0.497 e. The quantitative estimate of drug-likeness (QED) is 0.531. The van der Waals surface area contributed by atoms with Gasteiger partial charge >= 0.3 is 0 Å². The van der Waals surface area contributed by atoms with Gasteiger partial charge in [0.05, 0.1) is 19.9 Å². The third kappa shape index (κ3) is 5.36. The molecule has 0 saturated carbocycles. The minimum atomic E-state index is 0.522. The molecule has 0 aliphatic rings. The van der Waals surface area contributed by atoms with E-state index in [0.29, 0.717) is 11.7 Å². The highest BCUT2D eigenvalue weighted by Gasteiger charge is 2.08. The Kier molecular flexibility index (Phi) is 6.68. The van der Waals surface area contributed by atoms with Crippen LogP contribution in [0.1, 0.15) is 17.7 Å². The average Bonchev–Trinajstić information content (AvgIpc) is 2.72. The molecule has 1 heterocycles. The van der Waals surface area contributed by atoms with E-state index in [2.05, 4.69) is 44.9 Å². The number of methoxy groups -OCH3 is 2. The van der Waals surface area contributed by atoms with Gasteiger partial charge in [0.25, 0.3) is 0 Å². The summed E-state index contributed by atoms with van der Waals surface area (Å²) < 4.78 is 10.7. The summed E-state index contributed by atoms with van der Waals surface area (Å²) in [5, 5.41) is 6.62. The molecule has 6 heteroatoms. The number of ether oxygens (including phenoxy) is 2. The number of aryl methyl sites for hydroxylation is 2. The monoisotopic (exact) mass is 378 g/mol. The van der Waals surface area contributed by atoms with Crippen LogP contribution in [0, 0.1) is 6.92 Å². The second-order valence-electron chi connectivity index (χ2n) is 6.43. The van der Waals surface area contributed by atoms with Gasteiger partial charge < -0.3 is 20.1 Å². The molecule has 0 fully saturated rings. The summed E-state index contributed by atoms with van der Waals surface area (Å²) in [7, 11) is 3.25. The van der Waals surface area contributed by atoms with Crippen molar-refractivity contribution in [2.24, 2.45) is 0 Å². The Labute approximate surface area is 166 Å². The van der Waals surface area contributed by atoms with Crippen molar-refractivity contribution in [2.45, 2.75) is 19.8 Å². The van der Waals surface area contributed by atoms with Crippen LogP contribution in [0.4, 0.5) is 17.5 Å². The van der Waals surface area contributed by atoms with Gasteiger partial charge in [-0.15, -0.1) is 0 Å². The molecule has 146 valence electrons. The van der Waals surface area contributed by atoms with Gasteiger partial charge in [0, 0.05) is 24.4 Å². The zero-order valence-electron chi connectivity index (χ0n) is 16.5. The lowest BCUT2D eigenvalue weighted by Crippen LogP contribution is -2.08. The number of rotatable bonds is 9. The van der Waals surface area contributed by atoms with Crippen LogP contribution in [-0.4, -0.2) is 30.7 Å². The Hall–Kier alpha value is -3.28. The third-order valence-corrected chi connectivity index (χ3v) is 4.30. The molecule has 0 atom stereocenters. The van der Waals surface area contributed by atoms with Crippen molar-refractivity contribution in [3.05, 3.63) is 65.9 Å². The molecule has 2 N–H and O–H groups in total. The van der Waals surface area contributed by atoms with E-state index in [1.807, 2.05) is 37.3 Å². The van der Waals surface area contributed by atoms with E-state index >= 15 is 0 Å². The third-order valence-electron chi connectivity index (χ3n) is 4.30. The molecule has 0 spiro atoms. The molecule has 0 aliphatic heterocycles. The lowest BCUT2D eigenvalue weighted by Gasteiger charge is -2.13. The molecule has 3 aromatic rings. The van der Waals surface area contributed by atoms with Crippen molar-refractivity contribution in [2.75, 3.05) is 31.4 Å². The summed E-state index contributed by atoms with van der Waals surface area (Å²) in [6, 6.07) is 18.0. The maximum Gasteiger partial charge on any atom is 0.229 e. The summed E-state index contributed by atoms with van der Waals surface area (Å²) in [4.78, 5) is 9.05. The fourth-order valence-corrected chi connectivity index (χ4v) is 2.89. The van der Waals surface area contributed by atoms with Crippen LogP contribution < -0.4 is 20.1 Å². The van der Waals surface area contributed by atoms with Crippen molar-refractivity contribution < 1.29 is 9.47 Å². The van der Waals surface area contributed by atoms with Crippen molar-refractivity contribution in [3.63, 3.8) is 0 Å². The van der Waals surface area contributed by atoms with Crippen molar-refractivity contribution >= 4 is 17.5 Å². The van der Waals surface area contributed by atoms with Crippen molar-refractivity contribution in [1.82, 2.24) is 9.97 Å². The summed E-state index contributed by atoms with van der Waals surface area (Å²) >= 11 is 0. The standard InChI is InChI=1S/C22H26N4O2/c1-16-14-21(23-13-7-10-17-8-5-4-6-9-17)26-22(24-16)25-19-12-11-18(27-2)15-20(19)28-3/h4-6,8-9,11-12,14-15H,7,10,13H2,1-3H3,(H2,23,24,25,26). The number of hydrogen-bond donors (Lipinski definition) is 2. The Morgan fingerprint density at radius 2 is 1.75 bits per heavy atom. The van der Waals surface area contributed by atoms with E-state index in [9.17, 15) is 0 Å². The zero-order chi connectivity index (χ0) is 19.8. The second-order valence-corrected chi connectivity index (χ2v) is 6.43. The lowest BCUT2D eigenvalue weighted by atomic mass is 10.1. The Morgan fingerprint density at radius 3 is 2.50 bits per heavy atom. The van der Waals surface area contributed by atoms with Crippen LogP contribution in [0.2, 0.25) is 0 Å². The summed E-state index contributed by atoms with van der Waals surface area (Å²) in [5.74, 6) is 2.72. The van der Waals surface area contributed by atoms with Crippen LogP contribution in [0.3, 0.4) is 0 Å². The largest absolute Gasteiger partial charge is 0.497 e. The predicted octanol–water partition coefficient (Wildman–Crippen LogP) is 4.59. The smallest absolute Gasteiger partial charge is 0.229 e. The Morgan fingerprint density at radius 1 is 0.929 bits per heavy atom. The molecular weight excluding hydrogens is 352 g/mol. The first-order chi connectivity index (χ1) is 13.7. The number of nitrogens with zero attached hydrogens (tertiary/aromatic N) is 2. The normalized spacial score (nSPS) is 10.4. The van der Waals surface area contributed by atoms with Crippen LogP contribution in [0.5, 0.6) is 11.5 Å². The molecule has 1 aromatic heterocycles. The Balaban J connectivity index is 1.63. The molecular formula is C22H26N4O2. The van der Waals surface area contributed by atoms with Crippen LogP contribution >= 0.6 is 0 Å². The number of nitrogens with one attached hydrogen (secondary N) is 2. The molecule has 0 unspecified atom stereocenters. The molecule has 0 saturated heterocycles.